The summed E-state index contributed by atoms with van der Waals surface area (Å²) in [7, 11) is 0. The molecular weight excluding hydrogens is 314 g/mol. The summed E-state index contributed by atoms with van der Waals surface area (Å²) in [5, 5.41) is 6.22. The van der Waals surface area contributed by atoms with Gasteiger partial charge in [0.2, 0.25) is 5.91 Å². The lowest BCUT2D eigenvalue weighted by atomic mass is 9.99. The fraction of sp³-hybridized carbons (Fsp3) is 0.600. The van der Waals surface area contributed by atoms with Crippen LogP contribution in [0.5, 0.6) is 0 Å². The molecule has 0 aliphatic carbocycles. The lowest BCUT2D eigenvalue weighted by molar-refractivity contribution is -0.121. The first-order valence-corrected chi connectivity index (χ1v) is 9.36. The number of hydrogen-bond acceptors (Lipinski definition) is 4. The van der Waals surface area contributed by atoms with E-state index >= 15 is 0 Å². The monoisotopic (exact) mass is 345 g/mol. The lowest BCUT2D eigenvalue weighted by Crippen LogP contribution is -2.46. The van der Waals surface area contributed by atoms with Gasteiger partial charge in [-0.2, -0.15) is 0 Å². The van der Waals surface area contributed by atoms with Crippen LogP contribution in [0.3, 0.4) is 0 Å². The fourth-order valence-corrected chi connectivity index (χ4v) is 3.05. The summed E-state index contributed by atoms with van der Waals surface area (Å²) in [4.78, 5) is 26.4. The van der Waals surface area contributed by atoms with Crippen molar-refractivity contribution in [1.82, 2.24) is 15.5 Å². The Hall–Kier alpha value is -1.72. The van der Waals surface area contributed by atoms with Gasteiger partial charge in [-0.15, -0.1) is 0 Å². The number of nitrogens with one attached hydrogen (secondary N) is 2. The third kappa shape index (κ3) is 7.36. The Kier molecular flexibility index (Phi) is 8.09. The third-order valence-corrected chi connectivity index (χ3v) is 4.46. The minimum atomic E-state index is -0.0417. The van der Waals surface area contributed by atoms with E-state index in [2.05, 4.69) is 29.4 Å². The molecule has 138 valence electrons. The topological polar surface area (TPSA) is 61.4 Å². The van der Waals surface area contributed by atoms with Crippen LogP contribution in [0.25, 0.3) is 0 Å². The van der Waals surface area contributed by atoms with E-state index in [1.165, 1.54) is 5.56 Å². The van der Waals surface area contributed by atoms with Gasteiger partial charge in [-0.05, 0) is 17.9 Å². The van der Waals surface area contributed by atoms with Gasteiger partial charge in [0.1, 0.15) is 0 Å². The number of piperazine rings is 1. The quantitative estimate of drug-likeness (QED) is 0.671. The van der Waals surface area contributed by atoms with Crippen LogP contribution in [-0.4, -0.2) is 55.9 Å². The van der Waals surface area contributed by atoms with Gasteiger partial charge < -0.3 is 10.6 Å². The van der Waals surface area contributed by atoms with Gasteiger partial charge in [0, 0.05) is 57.7 Å². The minimum Gasteiger partial charge on any atom is -0.355 e. The Morgan fingerprint density at radius 3 is 2.44 bits per heavy atom. The third-order valence-electron chi connectivity index (χ3n) is 4.46. The fourth-order valence-electron chi connectivity index (χ4n) is 3.05. The summed E-state index contributed by atoms with van der Waals surface area (Å²) in [5.41, 5.74) is 1.94. The maximum Gasteiger partial charge on any atom is 0.220 e. The molecule has 1 amide bonds. The summed E-state index contributed by atoms with van der Waals surface area (Å²) in [5.74, 6) is 0.597. The second-order valence-corrected chi connectivity index (χ2v) is 7.16. The largest absolute Gasteiger partial charge is 0.355 e. The van der Waals surface area contributed by atoms with Crippen LogP contribution in [0, 0.1) is 5.92 Å². The highest BCUT2D eigenvalue weighted by Crippen LogP contribution is 2.12. The molecule has 1 aromatic rings. The van der Waals surface area contributed by atoms with Crippen molar-refractivity contribution >= 4 is 11.7 Å². The smallest absolute Gasteiger partial charge is 0.220 e. The molecule has 1 heterocycles. The number of ketones is 1. The maximum absolute atomic E-state index is 12.2. The first-order valence-electron chi connectivity index (χ1n) is 9.36. The van der Waals surface area contributed by atoms with Crippen molar-refractivity contribution in [2.24, 2.45) is 5.92 Å². The lowest BCUT2D eigenvalue weighted by Gasteiger charge is -2.27. The van der Waals surface area contributed by atoms with Gasteiger partial charge >= 0.3 is 0 Å². The van der Waals surface area contributed by atoms with E-state index < -0.39 is 0 Å². The van der Waals surface area contributed by atoms with Crippen molar-refractivity contribution in [2.75, 3.05) is 39.3 Å². The molecule has 1 fully saturated rings. The predicted molar refractivity (Wildman–Crippen MR) is 101 cm³/mol. The molecule has 0 aromatic heterocycles. The number of carbonyl (C=O) groups is 2. The zero-order valence-corrected chi connectivity index (χ0v) is 15.5. The van der Waals surface area contributed by atoms with Gasteiger partial charge in [-0.1, -0.05) is 38.1 Å². The van der Waals surface area contributed by atoms with E-state index in [0.717, 1.165) is 39.1 Å². The van der Waals surface area contributed by atoms with Gasteiger partial charge in [0.25, 0.3) is 0 Å². The highest BCUT2D eigenvalue weighted by atomic mass is 16.2. The highest BCUT2D eigenvalue weighted by molar-refractivity contribution is 5.97. The molecule has 0 bridgehead atoms. The van der Waals surface area contributed by atoms with Crippen LogP contribution < -0.4 is 10.6 Å². The first-order chi connectivity index (χ1) is 12.0. The molecule has 5 nitrogen and oxygen atoms in total. The summed E-state index contributed by atoms with van der Waals surface area (Å²) in [6, 6.07) is 7.78. The number of hydrogen-bond donors (Lipinski definition) is 2. The van der Waals surface area contributed by atoms with E-state index in [1.54, 1.807) is 0 Å². The minimum absolute atomic E-state index is 0.0355. The summed E-state index contributed by atoms with van der Waals surface area (Å²) < 4.78 is 0. The van der Waals surface area contributed by atoms with Crippen LogP contribution in [0.4, 0.5) is 0 Å². The Morgan fingerprint density at radius 1 is 1.12 bits per heavy atom. The number of amides is 1. The number of rotatable bonds is 9. The van der Waals surface area contributed by atoms with E-state index in [1.807, 2.05) is 24.3 Å². The molecule has 2 rings (SSSR count). The molecule has 2 N–H and O–H groups in total. The van der Waals surface area contributed by atoms with Crippen molar-refractivity contribution in [1.29, 1.82) is 0 Å². The van der Waals surface area contributed by atoms with Crippen molar-refractivity contribution < 1.29 is 9.59 Å². The SMILES string of the molecule is CC(C)Cc1ccc(C(=O)CCC(=O)NCCN2CCNCC2)cc1. The Morgan fingerprint density at radius 2 is 1.80 bits per heavy atom. The van der Waals surface area contributed by atoms with E-state index in [4.69, 9.17) is 0 Å². The first kappa shape index (κ1) is 19.6. The average Bonchev–Trinajstić information content (AvgIpc) is 2.61. The zero-order chi connectivity index (χ0) is 18.1. The second-order valence-electron chi connectivity index (χ2n) is 7.16. The molecule has 1 saturated heterocycles. The van der Waals surface area contributed by atoms with Crippen molar-refractivity contribution in [3.05, 3.63) is 35.4 Å². The molecule has 5 heteroatoms. The van der Waals surface area contributed by atoms with Crippen LogP contribution in [0.15, 0.2) is 24.3 Å². The number of carbonyl (C=O) groups excluding carboxylic acids is 2. The van der Waals surface area contributed by atoms with Crippen LogP contribution in [-0.2, 0) is 11.2 Å². The highest BCUT2D eigenvalue weighted by Gasteiger charge is 2.11. The molecule has 1 aromatic carbocycles. The van der Waals surface area contributed by atoms with Gasteiger partial charge in [0.15, 0.2) is 5.78 Å². The zero-order valence-electron chi connectivity index (χ0n) is 15.5. The summed E-state index contributed by atoms with van der Waals surface area (Å²) in [6.45, 7) is 9.97. The molecule has 1 aliphatic rings. The molecule has 0 spiro atoms. The van der Waals surface area contributed by atoms with Gasteiger partial charge in [0.05, 0.1) is 0 Å². The molecule has 0 atom stereocenters. The van der Waals surface area contributed by atoms with Crippen LogP contribution >= 0.6 is 0 Å². The van der Waals surface area contributed by atoms with Crippen LogP contribution in [0.1, 0.15) is 42.6 Å². The molecule has 0 saturated carbocycles. The second kappa shape index (κ2) is 10.3. The number of nitrogens with zero attached hydrogens (tertiary/aromatic N) is 1. The maximum atomic E-state index is 12.2. The average molecular weight is 345 g/mol. The Bertz CT molecular complexity index is 549. The number of benzene rings is 1. The van der Waals surface area contributed by atoms with Crippen LogP contribution in [0.2, 0.25) is 0 Å². The molecule has 25 heavy (non-hydrogen) atoms. The van der Waals surface area contributed by atoms with Gasteiger partial charge in [-0.25, -0.2) is 0 Å². The molecule has 0 unspecified atom stereocenters. The van der Waals surface area contributed by atoms with Crippen molar-refractivity contribution in [2.45, 2.75) is 33.1 Å². The normalized spacial score (nSPS) is 15.3. The summed E-state index contributed by atoms with van der Waals surface area (Å²) >= 11 is 0. The van der Waals surface area contributed by atoms with Gasteiger partial charge in [-0.3, -0.25) is 14.5 Å². The number of Topliss-reactive ketones (excluding diaryl/α,β-unsaturated/α-hetero) is 1. The Labute approximate surface area is 151 Å². The molecule has 0 radical (unpaired) electrons. The summed E-state index contributed by atoms with van der Waals surface area (Å²) in [6.07, 6.45) is 1.54. The molecular formula is C20H31N3O2. The predicted octanol–water partition coefficient (Wildman–Crippen LogP) is 1.87. The van der Waals surface area contributed by atoms with Crippen molar-refractivity contribution in [3.8, 4) is 0 Å². The van der Waals surface area contributed by atoms with E-state index in [0.29, 0.717) is 18.0 Å². The molecule has 1 aliphatic heterocycles. The van der Waals surface area contributed by atoms with E-state index in [-0.39, 0.29) is 24.5 Å². The Balaban J connectivity index is 1.65. The van der Waals surface area contributed by atoms with E-state index in [9.17, 15) is 9.59 Å². The van der Waals surface area contributed by atoms with Crippen molar-refractivity contribution in [3.63, 3.8) is 0 Å². The standard InChI is InChI=1S/C20H31N3O2/c1-16(2)15-17-3-5-18(6-4-17)19(24)7-8-20(25)22-11-14-23-12-9-21-10-13-23/h3-6,16,21H,7-15H2,1-2H3,(H,22,25).